The Hall–Kier alpha value is -0.610. The summed E-state index contributed by atoms with van der Waals surface area (Å²) in [7, 11) is 1.89. The lowest BCUT2D eigenvalue weighted by Gasteiger charge is -2.34. The van der Waals surface area contributed by atoms with Gasteiger partial charge in [0.15, 0.2) is 0 Å². The predicted octanol–water partition coefficient (Wildman–Crippen LogP) is 1.45. The Balaban J connectivity index is 2.59. The van der Waals surface area contributed by atoms with Crippen molar-refractivity contribution in [3.8, 4) is 0 Å². The van der Waals surface area contributed by atoms with Crippen molar-refractivity contribution in [3.05, 3.63) is 0 Å². The highest BCUT2D eigenvalue weighted by Crippen LogP contribution is 2.20. The number of nitrogens with zero attached hydrogens (tertiary/aromatic N) is 2. The molecular weight excluding hydrogens is 226 g/mol. The van der Waals surface area contributed by atoms with Crippen LogP contribution in [0.1, 0.15) is 46.5 Å². The molecule has 1 saturated heterocycles. The minimum absolute atomic E-state index is 0.0930. The summed E-state index contributed by atoms with van der Waals surface area (Å²) in [5.41, 5.74) is 5.50. The minimum atomic E-state index is -0.676. The molecule has 1 rings (SSSR count). The molecule has 0 spiro atoms. The van der Waals surface area contributed by atoms with Crippen molar-refractivity contribution in [1.29, 1.82) is 0 Å². The van der Waals surface area contributed by atoms with Crippen LogP contribution in [0, 0.1) is 0 Å². The van der Waals surface area contributed by atoms with Crippen LogP contribution in [-0.2, 0) is 4.79 Å². The third-order valence-corrected chi connectivity index (χ3v) is 4.42. The second kappa shape index (κ2) is 6.53. The van der Waals surface area contributed by atoms with E-state index in [2.05, 4.69) is 11.8 Å². The number of hydrogen-bond donors (Lipinski definition) is 1. The lowest BCUT2D eigenvalue weighted by Crippen LogP contribution is -2.55. The topological polar surface area (TPSA) is 49.6 Å². The van der Waals surface area contributed by atoms with Gasteiger partial charge < -0.3 is 10.6 Å². The molecule has 1 aliphatic heterocycles. The van der Waals surface area contributed by atoms with E-state index in [1.54, 1.807) is 0 Å². The first-order chi connectivity index (χ1) is 8.48. The third kappa shape index (κ3) is 3.23. The zero-order valence-corrected chi connectivity index (χ0v) is 12.4. The average Bonchev–Trinajstić information content (AvgIpc) is 2.83. The highest BCUT2D eigenvalue weighted by molar-refractivity contribution is 5.85. The van der Waals surface area contributed by atoms with Gasteiger partial charge in [0.05, 0.1) is 5.54 Å². The van der Waals surface area contributed by atoms with E-state index < -0.39 is 5.54 Å². The minimum Gasteiger partial charge on any atom is -0.343 e. The molecule has 18 heavy (non-hydrogen) atoms. The SMILES string of the molecule is CCN1CCCC1CN(C)C(=O)C(N)(CC)CC. The van der Waals surface area contributed by atoms with Gasteiger partial charge in [0.25, 0.3) is 0 Å². The second-order valence-electron chi connectivity index (χ2n) is 5.47. The van der Waals surface area contributed by atoms with Gasteiger partial charge in [-0.2, -0.15) is 0 Å². The lowest BCUT2D eigenvalue weighted by atomic mass is 9.92. The van der Waals surface area contributed by atoms with Gasteiger partial charge in [-0.1, -0.05) is 20.8 Å². The van der Waals surface area contributed by atoms with Gasteiger partial charge in [-0.15, -0.1) is 0 Å². The maximum Gasteiger partial charge on any atom is 0.242 e. The molecule has 0 aromatic rings. The maximum absolute atomic E-state index is 12.4. The Morgan fingerprint density at radius 3 is 2.50 bits per heavy atom. The summed E-state index contributed by atoms with van der Waals surface area (Å²) in [6, 6.07) is 0.516. The molecule has 1 heterocycles. The van der Waals surface area contributed by atoms with E-state index in [9.17, 15) is 4.79 Å². The zero-order chi connectivity index (χ0) is 13.8. The molecule has 1 fully saturated rings. The fraction of sp³-hybridized carbons (Fsp3) is 0.929. The van der Waals surface area contributed by atoms with Crippen molar-refractivity contribution in [3.63, 3.8) is 0 Å². The number of nitrogens with two attached hydrogens (primary N) is 1. The average molecular weight is 255 g/mol. The summed E-state index contributed by atoms with van der Waals surface area (Å²) in [6.07, 6.45) is 3.85. The van der Waals surface area contributed by atoms with Gasteiger partial charge in [-0.3, -0.25) is 9.69 Å². The van der Waals surface area contributed by atoms with E-state index in [4.69, 9.17) is 5.73 Å². The molecule has 106 valence electrons. The molecule has 0 aromatic carbocycles. The summed E-state index contributed by atoms with van der Waals surface area (Å²) in [4.78, 5) is 16.7. The molecule has 4 nitrogen and oxygen atoms in total. The molecular formula is C14H29N3O. The second-order valence-corrected chi connectivity index (χ2v) is 5.47. The van der Waals surface area contributed by atoms with Gasteiger partial charge in [-0.25, -0.2) is 0 Å². The monoisotopic (exact) mass is 255 g/mol. The zero-order valence-electron chi connectivity index (χ0n) is 12.4. The van der Waals surface area contributed by atoms with Crippen LogP contribution >= 0.6 is 0 Å². The van der Waals surface area contributed by atoms with Gasteiger partial charge in [0.1, 0.15) is 0 Å². The van der Waals surface area contributed by atoms with Crippen LogP contribution in [0.5, 0.6) is 0 Å². The fourth-order valence-corrected chi connectivity index (χ4v) is 2.85. The molecule has 4 heteroatoms. The summed E-state index contributed by atoms with van der Waals surface area (Å²) in [5.74, 6) is 0.0930. The summed E-state index contributed by atoms with van der Waals surface area (Å²) >= 11 is 0. The first-order valence-corrected chi connectivity index (χ1v) is 7.27. The van der Waals surface area contributed by atoms with Gasteiger partial charge in [0.2, 0.25) is 5.91 Å². The molecule has 0 aromatic heterocycles. The number of likely N-dealkylation sites (tertiary alicyclic amines) is 1. The van der Waals surface area contributed by atoms with E-state index in [1.807, 2.05) is 25.8 Å². The van der Waals surface area contributed by atoms with Crippen LogP contribution in [0.3, 0.4) is 0 Å². The number of carbonyl (C=O) groups is 1. The fourth-order valence-electron chi connectivity index (χ4n) is 2.85. The summed E-state index contributed by atoms with van der Waals surface area (Å²) in [5, 5.41) is 0. The van der Waals surface area contributed by atoms with E-state index in [0.717, 1.165) is 13.1 Å². The van der Waals surface area contributed by atoms with Crippen molar-refractivity contribution in [2.75, 3.05) is 26.7 Å². The summed E-state index contributed by atoms with van der Waals surface area (Å²) in [6.45, 7) is 9.21. The van der Waals surface area contributed by atoms with E-state index >= 15 is 0 Å². The van der Waals surface area contributed by atoms with Gasteiger partial charge >= 0.3 is 0 Å². The van der Waals surface area contributed by atoms with Crippen LogP contribution in [-0.4, -0.2) is 54.0 Å². The quantitative estimate of drug-likeness (QED) is 0.781. The third-order valence-electron chi connectivity index (χ3n) is 4.42. The number of hydrogen-bond acceptors (Lipinski definition) is 3. The van der Waals surface area contributed by atoms with Crippen molar-refractivity contribution in [2.24, 2.45) is 5.73 Å². The number of carbonyl (C=O) groups excluding carboxylic acids is 1. The predicted molar refractivity (Wildman–Crippen MR) is 75.4 cm³/mol. The molecule has 0 bridgehead atoms. The molecule has 1 amide bonds. The highest BCUT2D eigenvalue weighted by Gasteiger charge is 2.34. The van der Waals surface area contributed by atoms with Crippen LogP contribution in [0.15, 0.2) is 0 Å². The Kier molecular flexibility index (Phi) is 5.60. The number of likely N-dealkylation sites (N-methyl/N-ethyl adjacent to an activating group) is 2. The van der Waals surface area contributed by atoms with E-state index in [0.29, 0.717) is 18.9 Å². The van der Waals surface area contributed by atoms with Gasteiger partial charge in [0, 0.05) is 19.6 Å². The number of amides is 1. The standard InChI is InChI=1S/C14H29N3O/c1-5-14(15,6-2)13(18)16(4)11-12-9-8-10-17(12)7-3/h12H,5-11,15H2,1-4H3. The molecule has 0 aliphatic carbocycles. The maximum atomic E-state index is 12.4. The Morgan fingerprint density at radius 2 is 2.00 bits per heavy atom. The van der Waals surface area contributed by atoms with Gasteiger partial charge in [-0.05, 0) is 38.8 Å². The lowest BCUT2D eigenvalue weighted by molar-refractivity contribution is -0.136. The van der Waals surface area contributed by atoms with Crippen LogP contribution in [0.25, 0.3) is 0 Å². The van der Waals surface area contributed by atoms with Crippen LogP contribution in [0.4, 0.5) is 0 Å². The molecule has 1 unspecified atom stereocenters. The van der Waals surface area contributed by atoms with Crippen LogP contribution < -0.4 is 5.73 Å². The molecule has 2 N–H and O–H groups in total. The summed E-state index contributed by atoms with van der Waals surface area (Å²) < 4.78 is 0. The van der Waals surface area contributed by atoms with Crippen molar-refractivity contribution < 1.29 is 4.79 Å². The normalized spacial score (nSPS) is 21.3. The molecule has 1 atom stereocenters. The smallest absolute Gasteiger partial charge is 0.242 e. The van der Waals surface area contributed by atoms with E-state index in [-0.39, 0.29) is 5.91 Å². The first kappa shape index (κ1) is 15.4. The van der Waals surface area contributed by atoms with Crippen molar-refractivity contribution in [1.82, 2.24) is 9.80 Å². The largest absolute Gasteiger partial charge is 0.343 e. The molecule has 0 radical (unpaired) electrons. The Morgan fingerprint density at radius 1 is 1.39 bits per heavy atom. The van der Waals surface area contributed by atoms with Crippen molar-refractivity contribution >= 4 is 5.91 Å². The van der Waals surface area contributed by atoms with E-state index in [1.165, 1.54) is 19.4 Å². The van der Waals surface area contributed by atoms with Crippen LogP contribution in [0.2, 0.25) is 0 Å². The number of rotatable bonds is 6. The Bertz CT molecular complexity index is 276. The first-order valence-electron chi connectivity index (χ1n) is 7.27. The molecule has 0 saturated carbocycles. The highest BCUT2D eigenvalue weighted by atomic mass is 16.2. The van der Waals surface area contributed by atoms with Crippen molar-refractivity contribution in [2.45, 2.75) is 58.0 Å². The Labute approximate surface area is 111 Å². The molecule has 1 aliphatic rings.